The van der Waals surface area contributed by atoms with Crippen molar-refractivity contribution in [3.05, 3.63) is 33.9 Å². The first-order chi connectivity index (χ1) is 10.0. The number of aliphatic hydroxyl groups is 1. The highest BCUT2D eigenvalue weighted by atomic mass is 32.2. The molecule has 0 aromatic heterocycles. The number of nitrogens with zero attached hydrogens (tertiary/aromatic N) is 2. The number of rotatable bonds is 8. The molecular weight excluding hydrogens is 296 g/mol. The molecule has 0 aliphatic heterocycles. The maximum atomic E-state index is 12.5. The van der Waals surface area contributed by atoms with Crippen molar-refractivity contribution < 1.29 is 19.6 Å². The number of aliphatic hydroxyl groups excluding tert-OH is 1. The molecule has 0 aliphatic carbocycles. The van der Waals surface area contributed by atoms with Crippen molar-refractivity contribution >= 4 is 23.4 Å². The van der Waals surface area contributed by atoms with Crippen molar-refractivity contribution in [1.82, 2.24) is 4.90 Å². The number of hydrogen-bond donors (Lipinski definition) is 1. The maximum Gasteiger partial charge on any atom is 0.282 e. The second-order valence-electron chi connectivity index (χ2n) is 4.15. The van der Waals surface area contributed by atoms with Crippen LogP contribution in [-0.2, 0) is 4.74 Å². The van der Waals surface area contributed by atoms with Gasteiger partial charge in [-0.25, -0.2) is 0 Å². The average molecular weight is 314 g/mol. The molecule has 0 fully saturated rings. The number of thioether (sulfide) groups is 1. The van der Waals surface area contributed by atoms with Crippen LogP contribution in [0.2, 0.25) is 0 Å². The number of benzene rings is 1. The Balaban J connectivity index is 3.14. The van der Waals surface area contributed by atoms with Crippen molar-refractivity contribution in [1.29, 1.82) is 0 Å². The highest BCUT2D eigenvalue weighted by Crippen LogP contribution is 2.26. The standard InChI is InChI=1S/C13H18N2O5S/c1-20-8-6-14(5-7-16)13(17)11-9-10(21-2)3-4-12(11)15(18)19/h3-4,9,16H,5-8H2,1-2H3. The largest absolute Gasteiger partial charge is 0.395 e. The average Bonchev–Trinajstić information content (AvgIpc) is 2.49. The van der Waals surface area contributed by atoms with Crippen LogP contribution < -0.4 is 0 Å². The van der Waals surface area contributed by atoms with Crippen molar-refractivity contribution in [3.8, 4) is 0 Å². The van der Waals surface area contributed by atoms with E-state index in [2.05, 4.69) is 0 Å². The van der Waals surface area contributed by atoms with E-state index in [1.807, 2.05) is 6.26 Å². The lowest BCUT2D eigenvalue weighted by Gasteiger charge is -2.21. The van der Waals surface area contributed by atoms with E-state index in [0.29, 0.717) is 6.61 Å². The van der Waals surface area contributed by atoms with Gasteiger partial charge in [-0.1, -0.05) is 0 Å². The van der Waals surface area contributed by atoms with Gasteiger partial charge in [-0.15, -0.1) is 11.8 Å². The van der Waals surface area contributed by atoms with Gasteiger partial charge in [0.05, 0.1) is 18.1 Å². The molecule has 0 aliphatic rings. The minimum Gasteiger partial charge on any atom is -0.395 e. The second-order valence-corrected chi connectivity index (χ2v) is 5.03. The summed E-state index contributed by atoms with van der Waals surface area (Å²) in [5, 5.41) is 20.1. The van der Waals surface area contributed by atoms with Gasteiger partial charge >= 0.3 is 0 Å². The fourth-order valence-corrected chi connectivity index (χ4v) is 2.22. The van der Waals surface area contributed by atoms with Gasteiger partial charge < -0.3 is 14.7 Å². The van der Waals surface area contributed by atoms with E-state index in [1.165, 1.54) is 35.9 Å². The first kappa shape index (κ1) is 17.4. The van der Waals surface area contributed by atoms with E-state index in [0.717, 1.165) is 4.90 Å². The number of nitro groups is 1. The third kappa shape index (κ3) is 4.69. The van der Waals surface area contributed by atoms with E-state index in [9.17, 15) is 14.9 Å². The summed E-state index contributed by atoms with van der Waals surface area (Å²) in [6.45, 7) is 0.437. The first-order valence-corrected chi connectivity index (χ1v) is 7.49. The zero-order valence-electron chi connectivity index (χ0n) is 11.9. The summed E-state index contributed by atoms with van der Waals surface area (Å²) >= 11 is 1.40. The van der Waals surface area contributed by atoms with Crippen LogP contribution in [0.25, 0.3) is 0 Å². The summed E-state index contributed by atoms with van der Waals surface area (Å²) in [6, 6.07) is 4.43. The van der Waals surface area contributed by atoms with E-state index < -0.39 is 10.8 Å². The fourth-order valence-electron chi connectivity index (χ4n) is 1.78. The van der Waals surface area contributed by atoms with Crippen molar-refractivity contribution in [2.75, 3.05) is 39.7 Å². The normalized spacial score (nSPS) is 10.4. The Labute approximate surface area is 127 Å². The minimum absolute atomic E-state index is 0.0244. The lowest BCUT2D eigenvalue weighted by atomic mass is 10.1. The molecule has 0 saturated heterocycles. The molecule has 116 valence electrons. The Morgan fingerprint density at radius 1 is 1.48 bits per heavy atom. The van der Waals surface area contributed by atoms with Crippen LogP contribution in [0.1, 0.15) is 10.4 Å². The summed E-state index contributed by atoms with van der Waals surface area (Å²) in [7, 11) is 1.50. The van der Waals surface area contributed by atoms with Gasteiger partial charge in [0.25, 0.3) is 11.6 Å². The maximum absolute atomic E-state index is 12.5. The van der Waals surface area contributed by atoms with E-state index in [1.54, 1.807) is 6.07 Å². The molecule has 1 N–H and O–H groups in total. The molecule has 0 atom stereocenters. The van der Waals surface area contributed by atoms with Crippen LogP contribution in [0.4, 0.5) is 5.69 Å². The minimum atomic E-state index is -0.579. The number of ether oxygens (including phenoxy) is 1. The highest BCUT2D eigenvalue weighted by Gasteiger charge is 2.24. The molecule has 8 heteroatoms. The molecule has 1 rings (SSSR count). The van der Waals surface area contributed by atoms with Crippen LogP contribution in [-0.4, -0.2) is 60.5 Å². The van der Waals surface area contributed by atoms with Gasteiger partial charge in [0.15, 0.2) is 0 Å². The molecule has 0 bridgehead atoms. The summed E-state index contributed by atoms with van der Waals surface area (Å²) in [5.74, 6) is -0.483. The lowest BCUT2D eigenvalue weighted by Crippen LogP contribution is -2.36. The van der Waals surface area contributed by atoms with Crippen LogP contribution in [0.5, 0.6) is 0 Å². The second kappa shape index (κ2) is 8.60. The molecule has 7 nitrogen and oxygen atoms in total. The summed E-state index contributed by atoms with van der Waals surface area (Å²) in [4.78, 5) is 25.1. The molecule has 21 heavy (non-hydrogen) atoms. The number of carbonyl (C=O) groups is 1. The molecule has 0 saturated carbocycles. The Morgan fingerprint density at radius 3 is 2.71 bits per heavy atom. The zero-order valence-corrected chi connectivity index (χ0v) is 12.8. The molecule has 1 aromatic carbocycles. The number of amides is 1. The number of hydrogen-bond acceptors (Lipinski definition) is 6. The van der Waals surface area contributed by atoms with Crippen LogP contribution in [0, 0.1) is 10.1 Å². The van der Waals surface area contributed by atoms with Crippen molar-refractivity contribution in [2.45, 2.75) is 4.90 Å². The van der Waals surface area contributed by atoms with Crippen LogP contribution >= 0.6 is 11.8 Å². The third-order valence-electron chi connectivity index (χ3n) is 2.85. The number of carbonyl (C=O) groups excluding carboxylic acids is 1. The molecule has 0 unspecified atom stereocenters. The van der Waals surface area contributed by atoms with Gasteiger partial charge in [0, 0.05) is 31.2 Å². The van der Waals surface area contributed by atoms with Gasteiger partial charge in [-0.05, 0) is 18.4 Å². The summed E-state index contributed by atoms with van der Waals surface area (Å²) in [6.07, 6.45) is 1.83. The van der Waals surface area contributed by atoms with Gasteiger partial charge in [-0.2, -0.15) is 0 Å². The molecule has 1 aromatic rings. The highest BCUT2D eigenvalue weighted by molar-refractivity contribution is 7.98. The molecule has 1 amide bonds. The topological polar surface area (TPSA) is 92.9 Å². The Morgan fingerprint density at radius 2 is 2.19 bits per heavy atom. The monoisotopic (exact) mass is 314 g/mol. The molecule has 0 heterocycles. The van der Waals surface area contributed by atoms with E-state index in [4.69, 9.17) is 9.84 Å². The SMILES string of the molecule is COCCN(CCO)C(=O)c1cc(SC)ccc1[N+](=O)[O-]. The molecule has 0 radical (unpaired) electrons. The van der Waals surface area contributed by atoms with Gasteiger partial charge in [0.1, 0.15) is 5.56 Å². The first-order valence-electron chi connectivity index (χ1n) is 6.26. The molecular formula is C13H18N2O5S. The van der Waals surface area contributed by atoms with Crippen molar-refractivity contribution in [2.24, 2.45) is 0 Å². The zero-order chi connectivity index (χ0) is 15.8. The summed E-state index contributed by atoms with van der Waals surface area (Å²) < 4.78 is 4.91. The van der Waals surface area contributed by atoms with Gasteiger partial charge in [-0.3, -0.25) is 14.9 Å². The summed E-state index contributed by atoms with van der Waals surface area (Å²) in [5.41, 5.74) is -0.213. The Bertz CT molecular complexity index is 509. The number of nitro benzene ring substituents is 1. The quantitative estimate of drug-likeness (QED) is 0.443. The van der Waals surface area contributed by atoms with E-state index in [-0.39, 0.29) is 30.9 Å². The smallest absolute Gasteiger partial charge is 0.282 e. The predicted octanol–water partition coefficient (Wildman–Crippen LogP) is 1.40. The van der Waals surface area contributed by atoms with E-state index >= 15 is 0 Å². The lowest BCUT2D eigenvalue weighted by molar-refractivity contribution is -0.385. The van der Waals surface area contributed by atoms with Gasteiger partial charge in [0.2, 0.25) is 0 Å². The fraction of sp³-hybridized carbons (Fsp3) is 0.462. The number of methoxy groups -OCH3 is 1. The Hall–Kier alpha value is -1.64. The third-order valence-corrected chi connectivity index (χ3v) is 3.58. The molecule has 0 spiro atoms. The van der Waals surface area contributed by atoms with Crippen LogP contribution in [0.15, 0.2) is 23.1 Å². The van der Waals surface area contributed by atoms with Crippen LogP contribution in [0.3, 0.4) is 0 Å². The van der Waals surface area contributed by atoms with Crippen molar-refractivity contribution in [3.63, 3.8) is 0 Å². The Kier molecular flexibility index (Phi) is 7.13. The predicted molar refractivity (Wildman–Crippen MR) is 79.7 cm³/mol.